The minimum absolute atomic E-state index is 0.0225. The molecule has 5 nitrogen and oxygen atoms in total. The van der Waals surface area contributed by atoms with Crippen LogP contribution in [0.1, 0.15) is 0 Å². The highest BCUT2D eigenvalue weighted by Crippen LogP contribution is 2.06. The fourth-order valence-corrected chi connectivity index (χ4v) is 1.11. The van der Waals surface area contributed by atoms with E-state index in [-0.39, 0.29) is 6.54 Å². The predicted molar refractivity (Wildman–Crippen MR) is 46.7 cm³/mol. The van der Waals surface area contributed by atoms with E-state index in [9.17, 15) is 4.79 Å². The molecule has 0 unspecified atom stereocenters. The number of amides is 1. The molecular weight excluding hydrogens is 168 g/mol. The van der Waals surface area contributed by atoms with E-state index in [2.05, 4.69) is 10.2 Å². The van der Waals surface area contributed by atoms with Crippen LogP contribution in [0.4, 0.5) is 0 Å². The molecule has 0 fully saturated rings. The van der Waals surface area contributed by atoms with Gasteiger partial charge in [0.1, 0.15) is 17.6 Å². The Bertz CT molecular complexity index is 415. The number of benzene rings is 1. The van der Waals surface area contributed by atoms with Crippen LogP contribution >= 0.6 is 0 Å². The van der Waals surface area contributed by atoms with Crippen LogP contribution in [0.5, 0.6) is 0 Å². The Hall–Kier alpha value is -1.91. The van der Waals surface area contributed by atoms with Gasteiger partial charge in [0.2, 0.25) is 5.91 Å². The molecule has 0 saturated carbocycles. The molecule has 13 heavy (non-hydrogen) atoms. The largest absolute Gasteiger partial charge is 0.368 e. The summed E-state index contributed by atoms with van der Waals surface area (Å²) in [6.07, 6.45) is 0. The highest BCUT2D eigenvalue weighted by Gasteiger charge is 2.02. The van der Waals surface area contributed by atoms with Gasteiger partial charge in [0.05, 0.1) is 0 Å². The Balaban J connectivity index is 2.44. The van der Waals surface area contributed by atoms with Crippen LogP contribution in [0.15, 0.2) is 24.3 Å². The topological polar surface area (TPSA) is 73.8 Å². The zero-order chi connectivity index (χ0) is 9.26. The van der Waals surface area contributed by atoms with Gasteiger partial charge in [-0.15, -0.1) is 0 Å². The van der Waals surface area contributed by atoms with Gasteiger partial charge in [-0.25, -0.2) is 0 Å². The van der Waals surface area contributed by atoms with Gasteiger partial charge in [-0.3, -0.25) is 4.79 Å². The monoisotopic (exact) mass is 176 g/mol. The Morgan fingerprint density at radius 2 is 1.85 bits per heavy atom. The number of hydrogen-bond acceptors (Lipinski definition) is 3. The summed E-state index contributed by atoms with van der Waals surface area (Å²) in [6.45, 7) is 0.0225. The number of fused-ring (bicyclic) bond motifs is 1. The quantitative estimate of drug-likeness (QED) is 0.695. The third-order valence-electron chi connectivity index (χ3n) is 1.63. The van der Waals surface area contributed by atoms with Crippen LogP contribution in [-0.2, 0) is 11.3 Å². The maximum Gasteiger partial charge on any atom is 0.241 e. The molecule has 0 aliphatic rings. The Kier molecular flexibility index (Phi) is 1.70. The van der Waals surface area contributed by atoms with Gasteiger partial charge >= 0.3 is 0 Å². The maximum absolute atomic E-state index is 10.6. The normalized spacial score (nSPS) is 10.5. The van der Waals surface area contributed by atoms with Crippen LogP contribution in [0.2, 0.25) is 0 Å². The van der Waals surface area contributed by atoms with Gasteiger partial charge in [0, 0.05) is 0 Å². The maximum atomic E-state index is 10.6. The van der Waals surface area contributed by atoms with Gasteiger partial charge in [0.25, 0.3) is 0 Å². The first-order valence-electron chi connectivity index (χ1n) is 3.84. The molecule has 0 bridgehead atoms. The molecule has 1 amide bonds. The molecule has 2 aromatic rings. The van der Waals surface area contributed by atoms with E-state index >= 15 is 0 Å². The van der Waals surface area contributed by atoms with E-state index in [1.807, 2.05) is 24.3 Å². The van der Waals surface area contributed by atoms with Gasteiger partial charge in [-0.1, -0.05) is 12.1 Å². The first-order chi connectivity index (χ1) is 6.25. The van der Waals surface area contributed by atoms with Crippen molar-refractivity contribution in [2.24, 2.45) is 5.73 Å². The van der Waals surface area contributed by atoms with Crippen molar-refractivity contribution in [1.29, 1.82) is 0 Å². The van der Waals surface area contributed by atoms with E-state index < -0.39 is 5.91 Å². The van der Waals surface area contributed by atoms with Gasteiger partial charge < -0.3 is 5.73 Å². The number of primary amides is 1. The molecule has 2 N–H and O–H groups in total. The lowest BCUT2D eigenvalue weighted by molar-refractivity contribution is -0.118. The molecule has 0 saturated heterocycles. The lowest BCUT2D eigenvalue weighted by Crippen LogP contribution is -2.20. The van der Waals surface area contributed by atoms with Crippen LogP contribution < -0.4 is 5.73 Å². The van der Waals surface area contributed by atoms with Crippen LogP contribution in [0.3, 0.4) is 0 Å². The molecule has 1 aromatic carbocycles. The highest BCUT2D eigenvalue weighted by molar-refractivity contribution is 5.75. The van der Waals surface area contributed by atoms with E-state index in [0.29, 0.717) is 0 Å². The number of aromatic nitrogens is 3. The second-order valence-electron chi connectivity index (χ2n) is 2.69. The number of rotatable bonds is 2. The summed E-state index contributed by atoms with van der Waals surface area (Å²) in [4.78, 5) is 11.9. The number of carbonyl (C=O) groups excluding carboxylic acids is 1. The smallest absolute Gasteiger partial charge is 0.241 e. The van der Waals surface area contributed by atoms with Gasteiger partial charge in [-0.2, -0.15) is 15.0 Å². The first kappa shape index (κ1) is 7.72. The fourth-order valence-electron chi connectivity index (χ4n) is 1.11. The van der Waals surface area contributed by atoms with Crippen molar-refractivity contribution in [2.75, 3.05) is 0 Å². The van der Waals surface area contributed by atoms with Crippen molar-refractivity contribution in [2.45, 2.75) is 6.54 Å². The molecular formula is C8H8N4O. The van der Waals surface area contributed by atoms with Crippen LogP contribution in [0, 0.1) is 0 Å². The summed E-state index contributed by atoms with van der Waals surface area (Å²) in [5.41, 5.74) is 6.54. The Morgan fingerprint density at radius 3 is 2.31 bits per heavy atom. The predicted octanol–water partition coefficient (Wildman–Crippen LogP) is -0.0834. The summed E-state index contributed by atoms with van der Waals surface area (Å²) in [7, 11) is 0. The molecule has 1 aromatic heterocycles. The van der Waals surface area contributed by atoms with E-state index in [1.165, 1.54) is 4.80 Å². The summed E-state index contributed by atoms with van der Waals surface area (Å²) >= 11 is 0. The minimum Gasteiger partial charge on any atom is -0.368 e. The minimum atomic E-state index is -0.444. The van der Waals surface area contributed by atoms with Crippen molar-refractivity contribution >= 4 is 16.9 Å². The van der Waals surface area contributed by atoms with Gasteiger partial charge in [-0.05, 0) is 12.1 Å². The molecule has 5 heteroatoms. The number of nitrogens with two attached hydrogens (primary N) is 1. The van der Waals surface area contributed by atoms with E-state index in [4.69, 9.17) is 5.73 Å². The third kappa shape index (κ3) is 1.48. The second kappa shape index (κ2) is 2.85. The summed E-state index contributed by atoms with van der Waals surface area (Å²) in [5, 5.41) is 8.12. The zero-order valence-electron chi connectivity index (χ0n) is 6.84. The number of nitrogens with zero attached hydrogens (tertiary/aromatic N) is 3. The SMILES string of the molecule is NC(=O)Cn1nc2ccccc2n1. The van der Waals surface area contributed by atoms with Crippen molar-refractivity contribution in [1.82, 2.24) is 15.0 Å². The molecule has 0 radical (unpaired) electrons. The first-order valence-corrected chi connectivity index (χ1v) is 3.84. The van der Waals surface area contributed by atoms with E-state index in [0.717, 1.165) is 11.0 Å². The lowest BCUT2D eigenvalue weighted by Gasteiger charge is -1.90. The van der Waals surface area contributed by atoms with Gasteiger partial charge in [0.15, 0.2) is 0 Å². The lowest BCUT2D eigenvalue weighted by atomic mass is 10.3. The van der Waals surface area contributed by atoms with Crippen molar-refractivity contribution < 1.29 is 4.79 Å². The summed E-state index contributed by atoms with van der Waals surface area (Å²) in [5.74, 6) is -0.444. The van der Waals surface area contributed by atoms with E-state index in [1.54, 1.807) is 0 Å². The van der Waals surface area contributed by atoms with Crippen molar-refractivity contribution in [3.05, 3.63) is 24.3 Å². The standard InChI is InChI=1S/C8H8N4O/c9-8(13)5-12-10-6-3-1-2-4-7(6)11-12/h1-4H,5H2,(H2,9,13). The molecule has 1 heterocycles. The molecule has 0 spiro atoms. The Morgan fingerprint density at radius 1 is 1.31 bits per heavy atom. The third-order valence-corrected chi connectivity index (χ3v) is 1.63. The molecule has 2 rings (SSSR count). The van der Waals surface area contributed by atoms with Crippen LogP contribution in [0.25, 0.3) is 11.0 Å². The number of carbonyl (C=O) groups is 1. The number of hydrogen-bond donors (Lipinski definition) is 1. The molecule has 0 aliphatic carbocycles. The fraction of sp³-hybridized carbons (Fsp3) is 0.125. The highest BCUT2D eigenvalue weighted by atomic mass is 16.1. The zero-order valence-corrected chi connectivity index (χ0v) is 6.84. The van der Waals surface area contributed by atoms with Crippen LogP contribution in [-0.4, -0.2) is 20.9 Å². The Labute approximate surface area is 74.1 Å². The van der Waals surface area contributed by atoms with Crippen molar-refractivity contribution in [3.8, 4) is 0 Å². The average Bonchev–Trinajstić information content (AvgIpc) is 2.44. The molecule has 66 valence electrons. The summed E-state index contributed by atoms with van der Waals surface area (Å²) < 4.78 is 0. The molecule has 0 atom stereocenters. The summed E-state index contributed by atoms with van der Waals surface area (Å²) in [6, 6.07) is 7.40. The molecule has 0 aliphatic heterocycles. The van der Waals surface area contributed by atoms with Crippen molar-refractivity contribution in [3.63, 3.8) is 0 Å². The second-order valence-corrected chi connectivity index (χ2v) is 2.69. The average molecular weight is 176 g/mol.